The molecule has 0 radical (unpaired) electrons. The minimum Gasteiger partial charge on any atom is -0.314 e. The molecule has 0 aliphatic rings. The van der Waals surface area contributed by atoms with E-state index in [1.165, 1.54) is 37.2 Å². The Bertz CT molecular complexity index is 271. The highest BCUT2D eigenvalue weighted by Crippen LogP contribution is 2.22. The highest BCUT2D eigenvalue weighted by Gasteiger charge is 2.15. The van der Waals surface area contributed by atoms with E-state index < -0.39 is 0 Å². The highest BCUT2D eigenvalue weighted by atomic mass is 16.5. The zero-order chi connectivity index (χ0) is 16.0. The summed E-state index contributed by atoms with van der Waals surface area (Å²) in [6.07, 6.45) is 13.1. The standard InChI is InChI=1S/C18H36N2O/c1-4-5-6-7-9-12-15-20(21)16-13-10-8-11-14-18(2,3)17-19/h21H,4-16H2,1-3H3. The van der Waals surface area contributed by atoms with Gasteiger partial charge in [0.05, 0.1) is 11.5 Å². The van der Waals surface area contributed by atoms with E-state index in [1.54, 1.807) is 0 Å². The monoisotopic (exact) mass is 296 g/mol. The molecule has 0 spiro atoms. The minimum absolute atomic E-state index is 0.180. The van der Waals surface area contributed by atoms with Crippen LogP contribution in [0.1, 0.15) is 91.4 Å². The van der Waals surface area contributed by atoms with Crippen LogP contribution in [0.2, 0.25) is 0 Å². The second kappa shape index (κ2) is 13.1. The van der Waals surface area contributed by atoms with Crippen LogP contribution in [-0.4, -0.2) is 23.4 Å². The van der Waals surface area contributed by atoms with Crippen LogP contribution in [0, 0.1) is 16.7 Å². The Balaban J connectivity index is 3.30. The highest BCUT2D eigenvalue weighted by molar-refractivity contribution is 4.91. The summed E-state index contributed by atoms with van der Waals surface area (Å²) in [5.41, 5.74) is -0.180. The Hall–Kier alpha value is -0.590. The van der Waals surface area contributed by atoms with Crippen LogP contribution < -0.4 is 0 Å². The van der Waals surface area contributed by atoms with Gasteiger partial charge in [-0.05, 0) is 33.1 Å². The predicted octanol–water partition coefficient (Wildman–Crippen LogP) is 5.54. The molecule has 0 saturated heterocycles. The molecular formula is C18H36N2O. The Morgan fingerprint density at radius 2 is 1.33 bits per heavy atom. The van der Waals surface area contributed by atoms with Gasteiger partial charge in [-0.25, -0.2) is 0 Å². The SMILES string of the molecule is CCCCCCCCN(O)CCCCCCC(C)(C)C#N. The van der Waals surface area contributed by atoms with E-state index in [1.807, 2.05) is 13.8 Å². The third-order valence-electron chi connectivity index (χ3n) is 4.04. The molecule has 0 aromatic carbocycles. The second-order valence-corrected chi connectivity index (χ2v) is 6.88. The first-order valence-electron chi connectivity index (χ1n) is 8.87. The largest absolute Gasteiger partial charge is 0.314 e. The summed E-state index contributed by atoms with van der Waals surface area (Å²) in [5, 5.41) is 20.2. The Kier molecular flexibility index (Phi) is 12.7. The van der Waals surface area contributed by atoms with Crippen molar-refractivity contribution in [2.24, 2.45) is 5.41 Å². The van der Waals surface area contributed by atoms with E-state index in [9.17, 15) is 5.21 Å². The summed E-state index contributed by atoms with van der Waals surface area (Å²) in [6.45, 7) is 7.84. The Morgan fingerprint density at radius 3 is 1.86 bits per heavy atom. The van der Waals surface area contributed by atoms with Gasteiger partial charge in [-0.3, -0.25) is 0 Å². The predicted molar refractivity (Wildman–Crippen MR) is 89.2 cm³/mol. The first kappa shape index (κ1) is 20.4. The number of hydrogen-bond donors (Lipinski definition) is 1. The molecule has 124 valence electrons. The van der Waals surface area contributed by atoms with Crippen LogP contribution >= 0.6 is 0 Å². The van der Waals surface area contributed by atoms with Crippen molar-refractivity contribution < 1.29 is 5.21 Å². The smallest absolute Gasteiger partial charge is 0.0683 e. The first-order chi connectivity index (χ1) is 10.0. The Morgan fingerprint density at radius 1 is 0.857 bits per heavy atom. The van der Waals surface area contributed by atoms with Crippen molar-refractivity contribution in [3.63, 3.8) is 0 Å². The van der Waals surface area contributed by atoms with E-state index in [0.29, 0.717) is 0 Å². The number of nitriles is 1. The zero-order valence-electron chi connectivity index (χ0n) is 14.5. The van der Waals surface area contributed by atoms with Crippen molar-refractivity contribution >= 4 is 0 Å². The van der Waals surface area contributed by atoms with Gasteiger partial charge in [-0.1, -0.05) is 58.3 Å². The van der Waals surface area contributed by atoms with Gasteiger partial charge in [-0.15, -0.1) is 0 Å². The number of unbranched alkanes of at least 4 members (excludes halogenated alkanes) is 8. The molecule has 0 atom stereocenters. The second-order valence-electron chi connectivity index (χ2n) is 6.88. The van der Waals surface area contributed by atoms with Crippen molar-refractivity contribution in [3.05, 3.63) is 0 Å². The fourth-order valence-electron chi connectivity index (χ4n) is 2.46. The summed E-state index contributed by atoms with van der Waals surface area (Å²) in [4.78, 5) is 0. The fraction of sp³-hybridized carbons (Fsp3) is 0.944. The molecule has 0 unspecified atom stereocenters. The summed E-state index contributed by atoms with van der Waals surface area (Å²) in [7, 11) is 0. The average molecular weight is 296 g/mol. The topological polar surface area (TPSA) is 47.3 Å². The molecule has 0 aromatic rings. The lowest BCUT2D eigenvalue weighted by molar-refractivity contribution is -0.0925. The van der Waals surface area contributed by atoms with Crippen molar-refractivity contribution in [2.75, 3.05) is 13.1 Å². The summed E-state index contributed by atoms with van der Waals surface area (Å²) in [6, 6.07) is 2.34. The number of hydrogen-bond acceptors (Lipinski definition) is 3. The van der Waals surface area contributed by atoms with Crippen LogP contribution in [0.25, 0.3) is 0 Å². The van der Waals surface area contributed by atoms with E-state index >= 15 is 0 Å². The lowest BCUT2D eigenvalue weighted by Gasteiger charge is -2.16. The normalized spacial score (nSPS) is 11.8. The molecule has 0 heterocycles. The molecule has 0 rings (SSSR count). The third kappa shape index (κ3) is 14.1. The molecule has 0 saturated carbocycles. The molecule has 0 aliphatic heterocycles. The van der Waals surface area contributed by atoms with Crippen molar-refractivity contribution in [2.45, 2.75) is 91.4 Å². The van der Waals surface area contributed by atoms with E-state index in [4.69, 9.17) is 5.26 Å². The van der Waals surface area contributed by atoms with Gasteiger partial charge < -0.3 is 5.21 Å². The van der Waals surface area contributed by atoms with Crippen LogP contribution in [0.4, 0.5) is 0 Å². The van der Waals surface area contributed by atoms with Crippen molar-refractivity contribution in [3.8, 4) is 6.07 Å². The van der Waals surface area contributed by atoms with Gasteiger partial charge in [-0.2, -0.15) is 10.3 Å². The van der Waals surface area contributed by atoms with Crippen LogP contribution in [0.3, 0.4) is 0 Å². The molecule has 0 fully saturated rings. The molecule has 0 aliphatic carbocycles. The van der Waals surface area contributed by atoms with Crippen LogP contribution in [0.15, 0.2) is 0 Å². The molecule has 21 heavy (non-hydrogen) atoms. The summed E-state index contributed by atoms with van der Waals surface area (Å²) < 4.78 is 0. The maximum atomic E-state index is 9.77. The molecule has 0 bridgehead atoms. The average Bonchev–Trinajstić information content (AvgIpc) is 2.46. The lowest BCUT2D eigenvalue weighted by Crippen LogP contribution is -2.21. The van der Waals surface area contributed by atoms with E-state index in [2.05, 4.69) is 13.0 Å². The van der Waals surface area contributed by atoms with Gasteiger partial charge in [0.25, 0.3) is 0 Å². The molecule has 0 aromatic heterocycles. The molecule has 1 N–H and O–H groups in total. The van der Waals surface area contributed by atoms with Gasteiger partial charge in [0.1, 0.15) is 0 Å². The molecule has 3 heteroatoms. The number of nitrogens with zero attached hydrogens (tertiary/aromatic N) is 2. The van der Waals surface area contributed by atoms with Crippen molar-refractivity contribution in [1.82, 2.24) is 5.06 Å². The fourth-order valence-corrected chi connectivity index (χ4v) is 2.46. The molecule has 3 nitrogen and oxygen atoms in total. The summed E-state index contributed by atoms with van der Waals surface area (Å²) >= 11 is 0. The van der Waals surface area contributed by atoms with Crippen molar-refractivity contribution in [1.29, 1.82) is 5.26 Å². The molecular weight excluding hydrogens is 260 g/mol. The number of rotatable bonds is 14. The lowest BCUT2D eigenvalue weighted by atomic mass is 9.89. The Labute approximate surface area is 132 Å². The maximum Gasteiger partial charge on any atom is 0.0683 e. The van der Waals surface area contributed by atoms with Gasteiger partial charge in [0.2, 0.25) is 0 Å². The maximum absolute atomic E-state index is 9.77. The van der Waals surface area contributed by atoms with Crippen LogP contribution in [-0.2, 0) is 0 Å². The van der Waals surface area contributed by atoms with Gasteiger partial charge in [0, 0.05) is 13.1 Å². The first-order valence-corrected chi connectivity index (χ1v) is 8.87. The quantitative estimate of drug-likeness (QED) is 0.338. The van der Waals surface area contributed by atoms with Crippen LogP contribution in [0.5, 0.6) is 0 Å². The minimum atomic E-state index is -0.180. The molecule has 0 amide bonds. The van der Waals surface area contributed by atoms with Gasteiger partial charge in [0.15, 0.2) is 0 Å². The zero-order valence-corrected chi connectivity index (χ0v) is 14.5. The van der Waals surface area contributed by atoms with E-state index in [-0.39, 0.29) is 5.41 Å². The number of hydroxylamine groups is 2. The summed E-state index contributed by atoms with van der Waals surface area (Å²) in [5.74, 6) is 0. The van der Waals surface area contributed by atoms with E-state index in [0.717, 1.165) is 51.6 Å². The third-order valence-corrected chi connectivity index (χ3v) is 4.04. The van der Waals surface area contributed by atoms with Gasteiger partial charge >= 0.3 is 0 Å².